The van der Waals surface area contributed by atoms with Crippen LogP contribution in [0.4, 0.5) is 5.69 Å². The van der Waals surface area contributed by atoms with Crippen LogP contribution in [0.15, 0.2) is 48.5 Å². The van der Waals surface area contributed by atoms with Crippen LogP contribution in [-0.4, -0.2) is 28.6 Å². The Kier molecular flexibility index (Phi) is 7.29. The molecule has 3 aromatic rings. The zero-order valence-electron chi connectivity index (χ0n) is 15.6. The lowest BCUT2D eigenvalue weighted by atomic mass is 10.2. The minimum Gasteiger partial charge on any atom is -0.364 e. The van der Waals surface area contributed by atoms with Gasteiger partial charge in [0.05, 0.1) is 0 Å². The molecule has 3 rings (SSSR count). The number of carbonyl (C=O) groups is 2. The summed E-state index contributed by atoms with van der Waals surface area (Å²) in [4.78, 5) is 24.1. The van der Waals surface area contributed by atoms with Gasteiger partial charge < -0.3 is 15.4 Å². The summed E-state index contributed by atoms with van der Waals surface area (Å²) >= 11 is 6.95. The molecular weight excluding hydrogens is 412 g/mol. The number of aromatic nitrogens is 2. The molecule has 150 valence electrons. The normalized spacial score (nSPS) is 10.6. The lowest BCUT2D eigenvalue weighted by molar-refractivity contribution is -0.126. The van der Waals surface area contributed by atoms with Crippen molar-refractivity contribution >= 4 is 40.4 Å². The van der Waals surface area contributed by atoms with E-state index in [1.54, 1.807) is 12.1 Å². The van der Waals surface area contributed by atoms with E-state index >= 15 is 0 Å². The number of aryl methyl sites for hydroxylation is 1. The van der Waals surface area contributed by atoms with Gasteiger partial charge in [-0.15, -0.1) is 10.2 Å². The van der Waals surface area contributed by atoms with E-state index in [0.717, 1.165) is 22.5 Å². The van der Waals surface area contributed by atoms with Gasteiger partial charge in [-0.1, -0.05) is 52.8 Å². The first-order valence-corrected chi connectivity index (χ1v) is 9.98. The number of nitrogens with one attached hydrogen (secondary N) is 2. The number of benzene rings is 2. The second-order valence-corrected chi connectivity index (χ2v) is 7.72. The second kappa shape index (κ2) is 10.1. The Bertz CT molecular complexity index is 974. The predicted octanol–water partition coefficient (Wildman–Crippen LogP) is 3.59. The van der Waals surface area contributed by atoms with Crippen molar-refractivity contribution in [3.8, 4) is 0 Å². The van der Waals surface area contributed by atoms with Gasteiger partial charge in [-0.2, -0.15) is 0 Å². The molecule has 0 fully saturated rings. The summed E-state index contributed by atoms with van der Waals surface area (Å²) in [5, 5.41) is 14.7. The standard InChI is InChI=1S/C20H19ClN4O3S/c1-13-2-8-16(9-3-13)23-19(27)20-25-24-18(29-20)12-28-11-17(26)22-10-14-4-6-15(21)7-5-14/h2-9H,10-12H2,1H3,(H,22,26)(H,23,27). The number of hydrogen-bond acceptors (Lipinski definition) is 6. The van der Waals surface area contributed by atoms with Crippen molar-refractivity contribution < 1.29 is 14.3 Å². The molecule has 0 aliphatic rings. The number of hydrogen-bond donors (Lipinski definition) is 2. The van der Waals surface area contributed by atoms with Crippen LogP contribution in [0.25, 0.3) is 0 Å². The number of ether oxygens (including phenoxy) is 1. The summed E-state index contributed by atoms with van der Waals surface area (Å²) in [6.07, 6.45) is 0. The third-order valence-corrected chi connectivity index (χ3v) is 4.98. The molecule has 0 spiro atoms. The molecule has 0 aliphatic heterocycles. The maximum atomic E-state index is 12.2. The SMILES string of the molecule is Cc1ccc(NC(=O)c2nnc(COCC(=O)NCc3ccc(Cl)cc3)s2)cc1. The first-order valence-electron chi connectivity index (χ1n) is 8.79. The van der Waals surface area contributed by atoms with Crippen LogP contribution < -0.4 is 10.6 Å². The summed E-state index contributed by atoms with van der Waals surface area (Å²) in [6, 6.07) is 14.7. The van der Waals surface area contributed by atoms with Gasteiger partial charge in [0.2, 0.25) is 10.9 Å². The Morgan fingerprint density at radius 3 is 2.52 bits per heavy atom. The maximum absolute atomic E-state index is 12.2. The minimum atomic E-state index is -0.335. The largest absolute Gasteiger partial charge is 0.364 e. The van der Waals surface area contributed by atoms with Crippen LogP contribution in [-0.2, 0) is 22.7 Å². The zero-order valence-corrected chi connectivity index (χ0v) is 17.2. The Morgan fingerprint density at radius 1 is 1.07 bits per heavy atom. The second-order valence-electron chi connectivity index (χ2n) is 6.22. The number of amides is 2. The summed E-state index contributed by atoms with van der Waals surface area (Å²) in [6.45, 7) is 2.35. The van der Waals surface area contributed by atoms with Crippen LogP contribution in [0.1, 0.15) is 25.9 Å². The highest BCUT2D eigenvalue weighted by Gasteiger charge is 2.13. The van der Waals surface area contributed by atoms with Crippen molar-refractivity contribution in [3.63, 3.8) is 0 Å². The highest BCUT2D eigenvalue weighted by molar-refractivity contribution is 7.13. The zero-order chi connectivity index (χ0) is 20.6. The van der Waals surface area contributed by atoms with Crippen molar-refractivity contribution in [1.29, 1.82) is 0 Å². The predicted molar refractivity (Wildman–Crippen MR) is 112 cm³/mol. The summed E-state index contributed by atoms with van der Waals surface area (Å²) in [5.74, 6) is -0.583. The molecule has 0 unspecified atom stereocenters. The number of nitrogens with zero attached hydrogens (tertiary/aromatic N) is 2. The molecule has 1 aromatic heterocycles. The van der Waals surface area contributed by atoms with Crippen molar-refractivity contribution in [1.82, 2.24) is 15.5 Å². The van der Waals surface area contributed by atoms with Crippen molar-refractivity contribution in [3.05, 3.63) is 74.7 Å². The van der Waals surface area contributed by atoms with Gasteiger partial charge in [-0.3, -0.25) is 9.59 Å². The Labute approximate surface area is 177 Å². The fourth-order valence-corrected chi connectivity index (χ4v) is 3.11. The topological polar surface area (TPSA) is 93.2 Å². The van der Waals surface area contributed by atoms with E-state index in [2.05, 4.69) is 20.8 Å². The summed E-state index contributed by atoms with van der Waals surface area (Å²) in [7, 11) is 0. The van der Waals surface area contributed by atoms with Gasteiger partial charge >= 0.3 is 0 Å². The summed E-state index contributed by atoms with van der Waals surface area (Å²) in [5.41, 5.74) is 2.73. The molecule has 2 amide bonds. The first-order chi connectivity index (χ1) is 14.0. The minimum absolute atomic E-state index is 0.101. The average Bonchev–Trinajstić information content (AvgIpc) is 3.18. The molecule has 7 nitrogen and oxygen atoms in total. The third-order valence-electron chi connectivity index (χ3n) is 3.83. The van der Waals surface area contributed by atoms with Crippen LogP contribution in [0.5, 0.6) is 0 Å². The number of carbonyl (C=O) groups excluding carboxylic acids is 2. The van der Waals surface area contributed by atoms with Gasteiger partial charge in [0.25, 0.3) is 5.91 Å². The maximum Gasteiger partial charge on any atom is 0.286 e. The van der Waals surface area contributed by atoms with Crippen LogP contribution >= 0.6 is 22.9 Å². The molecule has 0 bridgehead atoms. The fourth-order valence-electron chi connectivity index (χ4n) is 2.31. The highest BCUT2D eigenvalue weighted by atomic mass is 35.5. The molecule has 2 N–H and O–H groups in total. The van der Waals surface area contributed by atoms with E-state index in [0.29, 0.717) is 22.3 Å². The molecule has 29 heavy (non-hydrogen) atoms. The molecule has 1 heterocycles. The molecule has 2 aromatic carbocycles. The van der Waals surface area contributed by atoms with Gasteiger partial charge in [0, 0.05) is 17.3 Å². The number of halogens is 1. The van der Waals surface area contributed by atoms with Crippen LogP contribution in [0.2, 0.25) is 5.02 Å². The Hall–Kier alpha value is -2.81. The molecule has 0 atom stereocenters. The van der Waals surface area contributed by atoms with Crippen molar-refractivity contribution in [2.24, 2.45) is 0 Å². The van der Waals surface area contributed by atoms with Gasteiger partial charge in [0.15, 0.2) is 0 Å². The van der Waals surface area contributed by atoms with E-state index in [9.17, 15) is 9.59 Å². The van der Waals surface area contributed by atoms with Gasteiger partial charge in [-0.05, 0) is 36.8 Å². The van der Waals surface area contributed by atoms with E-state index < -0.39 is 0 Å². The van der Waals surface area contributed by atoms with Gasteiger partial charge in [-0.25, -0.2) is 0 Å². The number of rotatable bonds is 8. The van der Waals surface area contributed by atoms with E-state index in [4.69, 9.17) is 16.3 Å². The molecule has 0 saturated heterocycles. The fraction of sp³-hybridized carbons (Fsp3) is 0.200. The van der Waals surface area contributed by atoms with E-state index in [-0.39, 0.29) is 30.0 Å². The van der Waals surface area contributed by atoms with Gasteiger partial charge in [0.1, 0.15) is 18.2 Å². The average molecular weight is 431 g/mol. The lowest BCUT2D eigenvalue weighted by Crippen LogP contribution is -2.27. The van der Waals surface area contributed by atoms with Crippen molar-refractivity contribution in [2.45, 2.75) is 20.1 Å². The first kappa shape index (κ1) is 20.9. The van der Waals surface area contributed by atoms with Crippen LogP contribution in [0, 0.1) is 6.92 Å². The Balaban J connectivity index is 1.40. The third kappa shape index (κ3) is 6.63. The molecule has 0 radical (unpaired) electrons. The number of anilines is 1. The highest BCUT2D eigenvalue weighted by Crippen LogP contribution is 2.15. The van der Waals surface area contributed by atoms with Crippen LogP contribution in [0.3, 0.4) is 0 Å². The lowest BCUT2D eigenvalue weighted by Gasteiger charge is -2.05. The summed E-state index contributed by atoms with van der Waals surface area (Å²) < 4.78 is 5.36. The molecular formula is C20H19ClN4O3S. The quantitative estimate of drug-likeness (QED) is 0.569. The van der Waals surface area contributed by atoms with E-state index in [1.165, 1.54) is 0 Å². The van der Waals surface area contributed by atoms with Crippen molar-refractivity contribution in [2.75, 3.05) is 11.9 Å². The van der Waals surface area contributed by atoms with E-state index in [1.807, 2.05) is 43.3 Å². The molecule has 9 heteroatoms. The molecule has 0 aliphatic carbocycles. The monoisotopic (exact) mass is 430 g/mol. The smallest absolute Gasteiger partial charge is 0.286 e. The Morgan fingerprint density at radius 2 is 1.79 bits per heavy atom. The molecule has 0 saturated carbocycles.